The molecule has 1 amide bonds. The van der Waals surface area contributed by atoms with Crippen LogP contribution in [0.25, 0.3) is 11.4 Å². The van der Waals surface area contributed by atoms with Crippen LogP contribution in [0.4, 0.5) is 0 Å². The van der Waals surface area contributed by atoms with E-state index in [0.29, 0.717) is 16.0 Å². The number of nitrogens with zero attached hydrogens (tertiary/aromatic N) is 3. The molecule has 1 aromatic heterocycles. The van der Waals surface area contributed by atoms with E-state index in [1.807, 2.05) is 18.2 Å². The summed E-state index contributed by atoms with van der Waals surface area (Å²) in [4.78, 5) is 22.6. The molecule has 1 aromatic carbocycles. The topological polar surface area (TPSA) is 86.1 Å². The minimum absolute atomic E-state index is 0.117. The third-order valence-electron chi connectivity index (χ3n) is 2.94. The first kappa shape index (κ1) is 17.3. The van der Waals surface area contributed by atoms with Gasteiger partial charge in [0.15, 0.2) is 11.0 Å². The molecular weight excluding hydrogens is 340 g/mol. The Kier molecular flexibility index (Phi) is 6.00. The number of amides is 1. The Morgan fingerprint density at radius 3 is 2.78 bits per heavy atom. The van der Waals surface area contributed by atoms with Crippen molar-refractivity contribution in [3.8, 4) is 11.4 Å². The van der Waals surface area contributed by atoms with E-state index in [1.54, 1.807) is 17.7 Å². The lowest BCUT2D eigenvalue weighted by Gasteiger charge is -2.05. The smallest absolute Gasteiger partial charge is 0.325 e. The number of methoxy groups -OCH3 is 1. The van der Waals surface area contributed by atoms with Crippen molar-refractivity contribution in [2.45, 2.75) is 5.16 Å². The van der Waals surface area contributed by atoms with Gasteiger partial charge in [-0.3, -0.25) is 9.59 Å². The van der Waals surface area contributed by atoms with Gasteiger partial charge in [-0.15, -0.1) is 10.2 Å². The van der Waals surface area contributed by atoms with Crippen molar-refractivity contribution >= 4 is 35.2 Å². The second kappa shape index (κ2) is 7.98. The zero-order chi connectivity index (χ0) is 16.8. The highest BCUT2D eigenvalue weighted by Gasteiger charge is 2.15. The number of carbonyl (C=O) groups is 2. The van der Waals surface area contributed by atoms with Gasteiger partial charge in [0, 0.05) is 12.6 Å². The first-order valence-electron chi connectivity index (χ1n) is 6.63. The number of ether oxygens (including phenoxy) is 1. The lowest BCUT2D eigenvalue weighted by Crippen LogP contribution is -2.31. The number of hydrogen-bond donors (Lipinski definition) is 1. The maximum Gasteiger partial charge on any atom is 0.325 e. The van der Waals surface area contributed by atoms with Crippen molar-refractivity contribution in [3.63, 3.8) is 0 Å². The summed E-state index contributed by atoms with van der Waals surface area (Å²) in [7, 11) is 3.06. The van der Waals surface area contributed by atoms with Gasteiger partial charge in [-0.1, -0.05) is 35.5 Å². The van der Waals surface area contributed by atoms with Gasteiger partial charge < -0.3 is 14.6 Å². The van der Waals surface area contributed by atoms with Crippen LogP contribution in [0.15, 0.2) is 29.4 Å². The molecule has 7 nitrogen and oxygen atoms in total. The standard InChI is InChI=1S/C14H15ClN4O3S/c1-19-13(9-5-3-4-6-10(9)15)17-18-14(19)23-8-11(20)16-7-12(21)22-2/h3-6H,7-8H2,1-2H3,(H,16,20). The highest BCUT2D eigenvalue weighted by atomic mass is 35.5. The maximum atomic E-state index is 11.7. The van der Waals surface area contributed by atoms with E-state index in [0.717, 1.165) is 5.56 Å². The van der Waals surface area contributed by atoms with Crippen molar-refractivity contribution in [2.24, 2.45) is 7.05 Å². The molecule has 1 N–H and O–H groups in total. The largest absolute Gasteiger partial charge is 0.468 e. The van der Waals surface area contributed by atoms with E-state index in [4.69, 9.17) is 11.6 Å². The van der Waals surface area contributed by atoms with E-state index in [1.165, 1.54) is 18.9 Å². The fourth-order valence-electron chi connectivity index (χ4n) is 1.74. The third kappa shape index (κ3) is 4.46. The lowest BCUT2D eigenvalue weighted by atomic mass is 10.2. The van der Waals surface area contributed by atoms with Crippen LogP contribution < -0.4 is 5.32 Å². The molecule has 122 valence electrons. The molecule has 0 aliphatic rings. The molecule has 1 heterocycles. The van der Waals surface area contributed by atoms with Gasteiger partial charge in [-0.2, -0.15) is 0 Å². The van der Waals surface area contributed by atoms with Crippen molar-refractivity contribution in [2.75, 3.05) is 19.4 Å². The Bertz CT molecular complexity index is 720. The number of aromatic nitrogens is 3. The van der Waals surface area contributed by atoms with Crippen LogP contribution in [0.2, 0.25) is 5.02 Å². The van der Waals surface area contributed by atoms with Crippen molar-refractivity contribution < 1.29 is 14.3 Å². The van der Waals surface area contributed by atoms with Crippen molar-refractivity contribution in [3.05, 3.63) is 29.3 Å². The molecule has 0 unspecified atom stereocenters. The molecule has 23 heavy (non-hydrogen) atoms. The van der Waals surface area contributed by atoms with E-state index >= 15 is 0 Å². The van der Waals surface area contributed by atoms with E-state index in [9.17, 15) is 9.59 Å². The van der Waals surface area contributed by atoms with Crippen LogP contribution in [0.1, 0.15) is 0 Å². The number of esters is 1. The fraction of sp³-hybridized carbons (Fsp3) is 0.286. The van der Waals surface area contributed by atoms with Crippen molar-refractivity contribution in [1.29, 1.82) is 0 Å². The Labute approximate surface area is 142 Å². The number of hydrogen-bond acceptors (Lipinski definition) is 6. The van der Waals surface area contributed by atoms with Gasteiger partial charge >= 0.3 is 5.97 Å². The molecule has 0 fully saturated rings. The average molecular weight is 355 g/mol. The van der Waals surface area contributed by atoms with Gasteiger partial charge in [0.25, 0.3) is 0 Å². The highest BCUT2D eigenvalue weighted by Crippen LogP contribution is 2.28. The number of benzene rings is 1. The van der Waals surface area contributed by atoms with E-state index in [-0.39, 0.29) is 18.2 Å². The summed E-state index contributed by atoms with van der Waals surface area (Å²) in [6.45, 7) is -0.153. The van der Waals surface area contributed by atoms with E-state index < -0.39 is 5.97 Å². The summed E-state index contributed by atoms with van der Waals surface area (Å²) in [5.74, 6) is -0.0512. The minimum Gasteiger partial charge on any atom is -0.468 e. The molecule has 0 saturated heterocycles. The Morgan fingerprint density at radius 1 is 1.35 bits per heavy atom. The predicted molar refractivity (Wildman–Crippen MR) is 87.2 cm³/mol. The summed E-state index contributed by atoms with van der Waals surface area (Å²) in [5.41, 5.74) is 0.770. The van der Waals surface area contributed by atoms with Crippen LogP contribution in [0.5, 0.6) is 0 Å². The van der Waals surface area contributed by atoms with Crippen molar-refractivity contribution in [1.82, 2.24) is 20.1 Å². The third-order valence-corrected chi connectivity index (χ3v) is 4.29. The molecular formula is C14H15ClN4O3S. The van der Waals surface area contributed by atoms with Gasteiger partial charge in [-0.25, -0.2) is 0 Å². The summed E-state index contributed by atoms with van der Waals surface area (Å²) < 4.78 is 6.21. The summed E-state index contributed by atoms with van der Waals surface area (Å²) in [6, 6.07) is 7.33. The zero-order valence-electron chi connectivity index (χ0n) is 12.6. The molecule has 2 rings (SSSR count). The predicted octanol–water partition coefficient (Wildman–Crippen LogP) is 1.52. The number of carbonyl (C=O) groups excluding carboxylic acids is 2. The van der Waals surface area contributed by atoms with Crippen LogP contribution in [0.3, 0.4) is 0 Å². The summed E-state index contributed by atoms with van der Waals surface area (Å²) in [6.07, 6.45) is 0. The summed E-state index contributed by atoms with van der Waals surface area (Å²) in [5, 5.41) is 11.8. The second-order valence-corrected chi connectivity index (χ2v) is 5.84. The zero-order valence-corrected chi connectivity index (χ0v) is 14.1. The van der Waals surface area contributed by atoms with Crippen LogP contribution >= 0.6 is 23.4 Å². The van der Waals surface area contributed by atoms with Gasteiger partial charge in [0.2, 0.25) is 5.91 Å². The minimum atomic E-state index is -0.497. The molecule has 9 heteroatoms. The average Bonchev–Trinajstić information content (AvgIpc) is 2.91. The van der Waals surface area contributed by atoms with Gasteiger partial charge in [0.05, 0.1) is 17.9 Å². The van der Waals surface area contributed by atoms with Crippen LogP contribution in [0, 0.1) is 0 Å². The monoisotopic (exact) mass is 354 g/mol. The summed E-state index contributed by atoms with van der Waals surface area (Å²) >= 11 is 7.37. The molecule has 0 atom stereocenters. The normalized spacial score (nSPS) is 10.4. The van der Waals surface area contributed by atoms with Crippen LogP contribution in [-0.2, 0) is 21.4 Å². The highest BCUT2D eigenvalue weighted by molar-refractivity contribution is 7.99. The first-order chi connectivity index (χ1) is 11.0. The van der Waals surface area contributed by atoms with Gasteiger partial charge in [0.1, 0.15) is 6.54 Å². The first-order valence-corrected chi connectivity index (χ1v) is 8.00. The SMILES string of the molecule is COC(=O)CNC(=O)CSc1nnc(-c2ccccc2Cl)n1C. The van der Waals surface area contributed by atoms with Crippen LogP contribution in [-0.4, -0.2) is 46.0 Å². The Balaban J connectivity index is 1.99. The Hall–Kier alpha value is -2.06. The molecule has 2 aromatic rings. The number of nitrogens with one attached hydrogen (secondary N) is 1. The van der Waals surface area contributed by atoms with Gasteiger partial charge in [-0.05, 0) is 12.1 Å². The molecule has 0 aliphatic heterocycles. The number of halogens is 1. The quantitative estimate of drug-likeness (QED) is 0.625. The maximum absolute atomic E-state index is 11.7. The fourth-order valence-corrected chi connectivity index (χ4v) is 2.70. The number of rotatable bonds is 6. The molecule has 0 saturated carbocycles. The van der Waals surface area contributed by atoms with E-state index in [2.05, 4.69) is 20.3 Å². The Morgan fingerprint density at radius 2 is 2.09 bits per heavy atom. The second-order valence-electron chi connectivity index (χ2n) is 4.49. The molecule has 0 spiro atoms. The molecule has 0 radical (unpaired) electrons. The number of thioether (sulfide) groups is 1. The molecule has 0 bridgehead atoms. The lowest BCUT2D eigenvalue weighted by molar-refractivity contribution is -0.140. The molecule has 0 aliphatic carbocycles.